The molecule has 0 amide bonds. The normalized spacial score (nSPS) is 9.10. The van der Waals surface area contributed by atoms with E-state index in [2.05, 4.69) is 32.2 Å². The Balaban J connectivity index is -0.000000408. The van der Waals surface area contributed by atoms with Gasteiger partial charge in [0.2, 0.25) is 0 Å². The van der Waals surface area contributed by atoms with E-state index in [-0.39, 0.29) is 5.54 Å². The van der Waals surface area contributed by atoms with E-state index in [0.29, 0.717) is 0 Å². The van der Waals surface area contributed by atoms with E-state index in [1.54, 1.807) is 0 Å². The number of nitriles is 2. The fourth-order valence-corrected chi connectivity index (χ4v) is 1.96. The summed E-state index contributed by atoms with van der Waals surface area (Å²) < 4.78 is 0. The Morgan fingerprint density at radius 2 is 0.950 bits per heavy atom. The summed E-state index contributed by atoms with van der Waals surface area (Å²) in [6.45, 7) is 6.75. The maximum atomic E-state index is 7.10. The zero-order valence-electron chi connectivity index (χ0n) is 13.5. The number of nitrogens with two attached hydrogens (primary N) is 3. The van der Waals surface area contributed by atoms with Gasteiger partial charge in [0.1, 0.15) is 0 Å². The lowest BCUT2D eigenvalue weighted by molar-refractivity contribution is 0.313. The van der Waals surface area contributed by atoms with Crippen molar-refractivity contribution in [1.29, 1.82) is 10.5 Å². The molecule has 5 nitrogen and oxygen atoms in total. The van der Waals surface area contributed by atoms with Crippen LogP contribution >= 0.6 is 0 Å². The first kappa shape index (κ1) is 23.6. The van der Waals surface area contributed by atoms with Gasteiger partial charge in [0.15, 0.2) is 12.4 Å². The van der Waals surface area contributed by atoms with Crippen LogP contribution in [0.25, 0.3) is 0 Å². The molecule has 0 saturated heterocycles. The Morgan fingerprint density at radius 1 is 0.750 bits per heavy atom. The van der Waals surface area contributed by atoms with Crippen molar-refractivity contribution in [3.8, 4) is 12.4 Å². The molecule has 0 bridgehead atoms. The molecule has 0 spiro atoms. The molecule has 0 aromatic rings. The third kappa shape index (κ3) is 21.8. The summed E-state index contributed by atoms with van der Waals surface area (Å²) in [5.74, 6) is 0. The van der Waals surface area contributed by atoms with Crippen LogP contribution in [0.5, 0.6) is 0 Å². The van der Waals surface area contributed by atoms with E-state index in [1.807, 2.05) is 0 Å². The fourth-order valence-electron chi connectivity index (χ4n) is 1.96. The van der Waals surface area contributed by atoms with Crippen LogP contribution in [0.2, 0.25) is 0 Å². The predicted octanol–water partition coefficient (Wildman–Crippen LogP) is 3.11. The smallest absolute Gasteiger partial charge is 0.173 e. The van der Waals surface area contributed by atoms with E-state index in [1.165, 1.54) is 70.2 Å². The molecule has 0 aliphatic rings. The highest BCUT2D eigenvalue weighted by Crippen LogP contribution is 2.24. The van der Waals surface area contributed by atoms with Crippen LogP contribution in [0.3, 0.4) is 0 Å². The second kappa shape index (κ2) is 19.9. The molecule has 5 heteroatoms. The van der Waals surface area contributed by atoms with Gasteiger partial charge in [0.25, 0.3) is 0 Å². The summed E-state index contributed by atoms with van der Waals surface area (Å²) in [5, 5.41) is 14.2. The second-order valence-electron chi connectivity index (χ2n) is 4.93. The molecule has 0 aliphatic heterocycles. The van der Waals surface area contributed by atoms with Crippen LogP contribution in [-0.4, -0.2) is 5.54 Å². The number of hydrogen-bond acceptors (Lipinski definition) is 5. The van der Waals surface area contributed by atoms with E-state index >= 15 is 0 Å². The minimum atomic E-state index is 0.155. The Bertz CT molecular complexity index is 218. The zero-order chi connectivity index (χ0) is 16.3. The number of rotatable bonds is 9. The van der Waals surface area contributed by atoms with E-state index in [4.69, 9.17) is 16.3 Å². The van der Waals surface area contributed by atoms with Crippen molar-refractivity contribution >= 4 is 0 Å². The van der Waals surface area contributed by atoms with Gasteiger partial charge in [-0.1, -0.05) is 59.3 Å². The largest absolute Gasteiger partial charge is 0.337 e. The van der Waals surface area contributed by atoms with Gasteiger partial charge in [0.05, 0.1) is 0 Å². The van der Waals surface area contributed by atoms with Crippen LogP contribution in [0.1, 0.15) is 78.6 Å². The molecule has 0 aliphatic carbocycles. The van der Waals surface area contributed by atoms with Crippen molar-refractivity contribution < 1.29 is 0 Å². The molecule has 0 rings (SSSR count). The number of nitrogens with zero attached hydrogens (tertiary/aromatic N) is 2. The van der Waals surface area contributed by atoms with Crippen molar-refractivity contribution in [2.24, 2.45) is 17.2 Å². The van der Waals surface area contributed by atoms with Gasteiger partial charge in [-0.3, -0.25) is 0 Å². The Labute approximate surface area is 125 Å². The van der Waals surface area contributed by atoms with Gasteiger partial charge in [-0.15, -0.1) is 0 Å². The predicted molar refractivity (Wildman–Crippen MR) is 85.1 cm³/mol. The zero-order valence-corrected chi connectivity index (χ0v) is 13.5. The first-order valence-corrected chi connectivity index (χ1v) is 7.50. The average Bonchev–Trinajstić information content (AvgIpc) is 2.43. The quantitative estimate of drug-likeness (QED) is 0.442. The maximum absolute atomic E-state index is 7.10. The molecule has 0 fully saturated rings. The third-order valence-corrected chi connectivity index (χ3v) is 3.08. The van der Waals surface area contributed by atoms with Crippen molar-refractivity contribution in [3.05, 3.63) is 0 Å². The fraction of sp³-hybridized carbons (Fsp3) is 0.867. The number of hydrogen-bond donors (Lipinski definition) is 3. The molecule has 0 aromatic heterocycles. The van der Waals surface area contributed by atoms with E-state index in [9.17, 15) is 0 Å². The molecule has 0 heterocycles. The highest BCUT2D eigenvalue weighted by atomic mass is 14.7. The van der Waals surface area contributed by atoms with Crippen molar-refractivity contribution in [2.45, 2.75) is 84.1 Å². The van der Waals surface area contributed by atoms with E-state index in [0.717, 1.165) is 0 Å². The Hall–Kier alpha value is -1.46. The van der Waals surface area contributed by atoms with Gasteiger partial charge in [-0.25, -0.2) is 0 Å². The highest BCUT2D eigenvalue weighted by molar-refractivity contribution is 4.83. The maximum Gasteiger partial charge on any atom is 0.173 e. The minimum absolute atomic E-state index is 0.155. The molecule has 6 N–H and O–H groups in total. The molecule has 0 saturated carbocycles. The average molecular weight is 283 g/mol. The molecule has 20 heavy (non-hydrogen) atoms. The molecule has 0 unspecified atom stereocenters. The van der Waals surface area contributed by atoms with Crippen LogP contribution in [-0.2, 0) is 0 Å². The molecule has 0 aromatic carbocycles. The summed E-state index contributed by atoms with van der Waals surface area (Å²) in [5.41, 5.74) is 14.9. The standard InChI is InChI=1S/C13H29N.2CH2N2/c1-4-7-10-13(14,11-8-5-2)12-9-6-3;2*2-1-3/h4-12,14H2,1-3H3;2*2H2. The Morgan fingerprint density at radius 3 is 1.10 bits per heavy atom. The van der Waals surface area contributed by atoms with Gasteiger partial charge in [-0.2, -0.15) is 10.5 Å². The van der Waals surface area contributed by atoms with Crippen molar-refractivity contribution in [1.82, 2.24) is 0 Å². The van der Waals surface area contributed by atoms with Gasteiger partial charge in [0, 0.05) is 5.54 Å². The summed E-state index contributed by atoms with van der Waals surface area (Å²) >= 11 is 0. The first-order chi connectivity index (χ1) is 9.51. The highest BCUT2D eigenvalue weighted by Gasteiger charge is 2.22. The van der Waals surface area contributed by atoms with E-state index < -0.39 is 0 Å². The van der Waals surface area contributed by atoms with Gasteiger partial charge in [-0.05, 0) is 19.3 Å². The lowest BCUT2D eigenvalue weighted by Gasteiger charge is -2.29. The van der Waals surface area contributed by atoms with Crippen LogP contribution in [0.4, 0.5) is 0 Å². The van der Waals surface area contributed by atoms with Crippen LogP contribution in [0.15, 0.2) is 0 Å². The summed E-state index contributed by atoms with van der Waals surface area (Å²) in [6, 6.07) is 0. The summed E-state index contributed by atoms with van der Waals surface area (Å²) in [6.07, 6.45) is 13.9. The molecular formula is C15H33N5. The summed E-state index contributed by atoms with van der Waals surface area (Å²) in [7, 11) is 0. The SMILES string of the molecule is CCCCC(N)(CCCC)CCCC.N#CN.N#CN. The molecule has 118 valence electrons. The lowest BCUT2D eigenvalue weighted by Crippen LogP contribution is -2.39. The topological polar surface area (TPSA) is 126 Å². The monoisotopic (exact) mass is 283 g/mol. The van der Waals surface area contributed by atoms with Crippen molar-refractivity contribution in [2.75, 3.05) is 0 Å². The minimum Gasteiger partial charge on any atom is -0.337 e. The lowest BCUT2D eigenvalue weighted by atomic mass is 9.84. The van der Waals surface area contributed by atoms with Crippen molar-refractivity contribution in [3.63, 3.8) is 0 Å². The summed E-state index contributed by atoms with van der Waals surface area (Å²) in [4.78, 5) is 0. The first-order valence-electron chi connectivity index (χ1n) is 7.50. The molecular weight excluding hydrogens is 250 g/mol. The Kier molecular flexibility index (Phi) is 23.5. The number of unbranched alkanes of at least 4 members (excludes halogenated alkanes) is 3. The second-order valence-corrected chi connectivity index (χ2v) is 4.93. The third-order valence-electron chi connectivity index (χ3n) is 3.08. The van der Waals surface area contributed by atoms with Crippen LogP contribution in [0, 0.1) is 22.9 Å². The van der Waals surface area contributed by atoms with Gasteiger partial charge >= 0.3 is 0 Å². The van der Waals surface area contributed by atoms with Crippen LogP contribution < -0.4 is 17.2 Å². The van der Waals surface area contributed by atoms with Gasteiger partial charge < -0.3 is 17.2 Å². The molecule has 0 atom stereocenters. The molecule has 0 radical (unpaired) electrons.